The highest BCUT2D eigenvalue weighted by Crippen LogP contribution is 2.40. The Balaban J connectivity index is 1.37. The van der Waals surface area contributed by atoms with E-state index in [1.165, 1.54) is 24.1 Å². The molecule has 49 heavy (non-hydrogen) atoms. The van der Waals surface area contributed by atoms with E-state index in [0.717, 1.165) is 46.3 Å². The van der Waals surface area contributed by atoms with Crippen molar-refractivity contribution < 1.29 is 49.2 Å². The van der Waals surface area contributed by atoms with Crippen molar-refractivity contribution in [3.05, 3.63) is 56.5 Å². The number of oxime groups is 1. The number of fused-ring (bicyclic) bond motifs is 2. The van der Waals surface area contributed by atoms with Gasteiger partial charge >= 0.3 is 11.9 Å². The second-order valence-corrected chi connectivity index (χ2v) is 13.3. The number of aliphatic carboxylic acids is 2. The number of nitrogens with one attached hydrogen (secondary N) is 2. The van der Waals surface area contributed by atoms with Crippen molar-refractivity contribution in [3.63, 3.8) is 0 Å². The van der Waals surface area contributed by atoms with Crippen LogP contribution in [0, 0.1) is 0 Å². The van der Waals surface area contributed by atoms with Gasteiger partial charge in [0.05, 0.1) is 10.9 Å². The molecule has 4 heterocycles. The number of thiazole rings is 1. The van der Waals surface area contributed by atoms with Crippen LogP contribution in [0.15, 0.2) is 44.9 Å². The Bertz CT molecular complexity index is 2040. The molecule has 20 heteroatoms. The Hall–Kier alpha value is -5.63. The SMILES string of the molecule is CCN(CC1=C(C(=O)O)N2C(=O)[C@@H](NC(=O)/C(=N\OC(C)(C)C(=O)O)c3csc(N)n3)[C@H]2SC1)C(=O)c1c[nH]c2cc(O)c(O)cc2c1=O. The zero-order valence-corrected chi connectivity index (χ0v) is 27.5. The van der Waals surface area contributed by atoms with Gasteiger partial charge < -0.3 is 46.2 Å². The fourth-order valence-electron chi connectivity index (χ4n) is 4.95. The lowest BCUT2D eigenvalue weighted by atomic mass is 10.0. The number of β-lactam (4-membered cyclic amide) rings is 1. The summed E-state index contributed by atoms with van der Waals surface area (Å²) in [6.07, 6.45) is 1.15. The molecule has 18 nitrogen and oxygen atoms in total. The fraction of sp³-hybridized carbons (Fsp3) is 0.310. The minimum absolute atomic E-state index is 0.0347. The van der Waals surface area contributed by atoms with Gasteiger partial charge in [-0.25, -0.2) is 14.6 Å². The number of nitrogens with two attached hydrogens (primary N) is 1. The van der Waals surface area contributed by atoms with E-state index in [2.05, 4.69) is 20.4 Å². The molecule has 0 saturated carbocycles. The monoisotopic (exact) mass is 715 g/mol. The number of carbonyl (C=O) groups is 5. The summed E-state index contributed by atoms with van der Waals surface area (Å²) in [5.41, 5.74) is 2.33. The molecule has 0 radical (unpaired) electrons. The van der Waals surface area contributed by atoms with Gasteiger partial charge in [0, 0.05) is 36.5 Å². The van der Waals surface area contributed by atoms with Crippen molar-refractivity contribution in [2.24, 2.45) is 5.16 Å². The minimum Gasteiger partial charge on any atom is -0.504 e. The summed E-state index contributed by atoms with van der Waals surface area (Å²) >= 11 is 2.10. The number of phenolic OH excluding ortho intramolecular Hbond substituents is 2. The van der Waals surface area contributed by atoms with Crippen molar-refractivity contribution in [2.75, 3.05) is 24.6 Å². The first kappa shape index (κ1) is 34.7. The summed E-state index contributed by atoms with van der Waals surface area (Å²) in [6.45, 7) is 3.83. The number of likely N-dealkylation sites (N-methyl/N-ethyl adjacent to an activating group) is 1. The van der Waals surface area contributed by atoms with Crippen molar-refractivity contribution in [2.45, 2.75) is 37.8 Å². The van der Waals surface area contributed by atoms with E-state index in [1.807, 2.05) is 0 Å². The van der Waals surface area contributed by atoms with E-state index in [1.54, 1.807) is 6.92 Å². The number of benzene rings is 1. The first-order valence-corrected chi connectivity index (χ1v) is 16.3. The van der Waals surface area contributed by atoms with E-state index in [9.17, 15) is 49.2 Å². The number of phenols is 2. The van der Waals surface area contributed by atoms with Crippen LogP contribution in [0.25, 0.3) is 10.9 Å². The molecule has 2 aliphatic heterocycles. The normalized spacial score (nSPS) is 17.7. The maximum atomic E-state index is 13.5. The van der Waals surface area contributed by atoms with Crippen molar-refractivity contribution >= 4 is 74.5 Å². The Morgan fingerprint density at radius 1 is 1.20 bits per heavy atom. The zero-order chi connectivity index (χ0) is 35.9. The molecular formula is C29H29N7O11S2. The molecule has 0 spiro atoms. The molecule has 2 atom stereocenters. The number of hydrogen-bond donors (Lipinski definition) is 7. The minimum atomic E-state index is -1.82. The number of aromatic amines is 1. The van der Waals surface area contributed by atoms with Crippen LogP contribution in [-0.2, 0) is 24.0 Å². The summed E-state index contributed by atoms with van der Waals surface area (Å²) in [4.78, 5) is 91.3. The molecular weight excluding hydrogens is 686 g/mol. The van der Waals surface area contributed by atoms with E-state index < -0.39 is 69.3 Å². The lowest BCUT2D eigenvalue weighted by Crippen LogP contribution is -2.71. The van der Waals surface area contributed by atoms with Gasteiger partial charge in [-0.15, -0.1) is 23.1 Å². The van der Waals surface area contributed by atoms with Crippen LogP contribution < -0.4 is 16.5 Å². The van der Waals surface area contributed by atoms with E-state index in [-0.39, 0.29) is 57.4 Å². The van der Waals surface area contributed by atoms with Crippen LogP contribution in [0.4, 0.5) is 5.13 Å². The summed E-state index contributed by atoms with van der Waals surface area (Å²) < 4.78 is 0. The molecule has 1 saturated heterocycles. The van der Waals surface area contributed by atoms with Gasteiger partial charge in [0.25, 0.3) is 17.7 Å². The quantitative estimate of drug-likeness (QED) is 0.0615. The molecule has 8 N–H and O–H groups in total. The molecule has 0 unspecified atom stereocenters. The average Bonchev–Trinajstić information content (AvgIpc) is 3.48. The third kappa shape index (κ3) is 6.46. The Morgan fingerprint density at radius 2 is 1.90 bits per heavy atom. The molecule has 1 fully saturated rings. The lowest BCUT2D eigenvalue weighted by molar-refractivity contribution is -0.161. The number of carboxylic acid groups (broad SMARTS) is 2. The first-order valence-electron chi connectivity index (χ1n) is 14.3. The van der Waals surface area contributed by atoms with Crippen LogP contribution in [0.3, 0.4) is 0 Å². The van der Waals surface area contributed by atoms with Crippen LogP contribution in [0.2, 0.25) is 0 Å². The number of nitrogen functional groups attached to an aromatic ring is 1. The number of rotatable bonds is 11. The fourth-order valence-corrected chi connectivity index (χ4v) is 6.83. The average molecular weight is 716 g/mol. The Morgan fingerprint density at radius 3 is 2.51 bits per heavy atom. The number of aromatic nitrogens is 2. The number of hydrogen-bond acceptors (Lipinski definition) is 14. The predicted octanol–water partition coefficient (Wildman–Crippen LogP) is 0.463. The van der Waals surface area contributed by atoms with Crippen LogP contribution in [0.5, 0.6) is 11.5 Å². The highest BCUT2D eigenvalue weighted by Gasteiger charge is 2.54. The Kier molecular flexibility index (Phi) is 9.28. The molecule has 2 aliphatic rings. The number of thioether (sulfide) groups is 1. The molecule has 3 amide bonds. The van der Waals surface area contributed by atoms with Gasteiger partial charge in [0.2, 0.25) is 11.0 Å². The number of nitrogens with zero attached hydrogens (tertiary/aromatic N) is 4. The summed E-state index contributed by atoms with van der Waals surface area (Å²) in [5, 5.41) is 45.8. The first-order chi connectivity index (χ1) is 23.0. The van der Waals surface area contributed by atoms with Gasteiger partial charge in [-0.3, -0.25) is 24.1 Å². The number of anilines is 1. The van der Waals surface area contributed by atoms with Crippen molar-refractivity contribution in [1.82, 2.24) is 25.1 Å². The third-order valence-electron chi connectivity index (χ3n) is 7.65. The number of pyridine rings is 1. The van der Waals surface area contributed by atoms with E-state index in [0.29, 0.717) is 0 Å². The number of H-pyrrole nitrogens is 1. The maximum absolute atomic E-state index is 13.5. The van der Waals surface area contributed by atoms with Gasteiger partial charge in [-0.05, 0) is 32.4 Å². The number of carboxylic acids is 2. The summed E-state index contributed by atoms with van der Waals surface area (Å²) in [7, 11) is 0. The van der Waals surface area contributed by atoms with Crippen LogP contribution >= 0.6 is 23.1 Å². The third-order valence-corrected chi connectivity index (χ3v) is 9.67. The van der Waals surface area contributed by atoms with Gasteiger partial charge in [0.15, 0.2) is 22.3 Å². The number of carbonyl (C=O) groups excluding carboxylic acids is 3. The number of aromatic hydroxyl groups is 2. The van der Waals surface area contributed by atoms with Crippen molar-refractivity contribution in [3.8, 4) is 11.5 Å². The molecule has 3 aromatic rings. The van der Waals surface area contributed by atoms with E-state index >= 15 is 0 Å². The van der Waals surface area contributed by atoms with Crippen molar-refractivity contribution in [1.29, 1.82) is 0 Å². The highest BCUT2D eigenvalue weighted by molar-refractivity contribution is 8.00. The molecule has 258 valence electrons. The number of amides is 3. The van der Waals surface area contributed by atoms with Gasteiger partial charge in [0.1, 0.15) is 28.4 Å². The second kappa shape index (κ2) is 13.1. The molecule has 1 aromatic carbocycles. The molecule has 5 rings (SSSR count). The maximum Gasteiger partial charge on any atom is 0.352 e. The summed E-state index contributed by atoms with van der Waals surface area (Å²) in [5.74, 6) is -6.28. The highest BCUT2D eigenvalue weighted by atomic mass is 32.2. The molecule has 0 bridgehead atoms. The zero-order valence-electron chi connectivity index (χ0n) is 25.9. The topological polar surface area (TPSA) is 278 Å². The largest absolute Gasteiger partial charge is 0.504 e. The van der Waals surface area contributed by atoms with Crippen LogP contribution in [0.1, 0.15) is 36.8 Å². The summed E-state index contributed by atoms with van der Waals surface area (Å²) in [6, 6.07) is 0.946. The standard InChI is InChI=1S/C29H29N7O11S2/c1-4-35(23(41)13-7-31-14-6-17(38)16(37)5-12(14)21(13)39)8-11-9-48-25-19(24(42)36(25)20(11)26(43)44)33-22(40)18(15-10-49-28(30)32-15)34-47-29(2,3)27(45)46/h5-7,10,19,25,37-38H,4,8-9H2,1-3H3,(H2,30,32)(H,31,39)(H,33,40)(H,43,44)(H,45,46)/b34-18-/t19-,25-/m1/s1. The Labute approximate surface area is 283 Å². The molecule has 0 aliphatic carbocycles. The lowest BCUT2D eigenvalue weighted by Gasteiger charge is -2.49. The second-order valence-electron chi connectivity index (χ2n) is 11.3. The van der Waals surface area contributed by atoms with Gasteiger partial charge in [-0.2, -0.15) is 0 Å². The van der Waals surface area contributed by atoms with E-state index in [4.69, 9.17) is 10.6 Å². The van der Waals surface area contributed by atoms with Crippen LogP contribution in [-0.4, -0.2) is 111 Å². The van der Waals surface area contributed by atoms with Gasteiger partial charge in [-0.1, -0.05) is 5.16 Å². The smallest absolute Gasteiger partial charge is 0.352 e. The predicted molar refractivity (Wildman–Crippen MR) is 175 cm³/mol. The molecule has 2 aromatic heterocycles.